The van der Waals surface area contributed by atoms with E-state index in [4.69, 9.17) is 0 Å². The number of hydrogen-bond acceptors (Lipinski definition) is 3. The molecule has 148 valence electrons. The zero-order valence-electron chi connectivity index (χ0n) is 15.7. The van der Waals surface area contributed by atoms with E-state index in [1.807, 2.05) is 24.7 Å². The van der Waals surface area contributed by atoms with E-state index in [2.05, 4.69) is 15.2 Å². The van der Waals surface area contributed by atoms with Crippen LogP contribution in [0.15, 0.2) is 36.7 Å². The van der Waals surface area contributed by atoms with E-state index in [1.54, 1.807) is 18.5 Å². The molecular weight excluding hydrogens is 369 g/mol. The molecule has 1 amide bonds. The molecule has 0 fully saturated rings. The van der Waals surface area contributed by atoms with Gasteiger partial charge in [0.2, 0.25) is 5.91 Å². The topological polar surface area (TPSA) is 50.2 Å². The summed E-state index contributed by atoms with van der Waals surface area (Å²) in [7, 11) is 4.04. The Bertz CT molecular complexity index is 1000. The number of aromatic nitrogens is 2. The van der Waals surface area contributed by atoms with Gasteiger partial charge in [0.25, 0.3) is 0 Å². The smallest absolute Gasteiger partial charge is 0.228 e. The van der Waals surface area contributed by atoms with E-state index >= 15 is 0 Å². The number of nitrogens with one attached hydrogen (secondary N) is 1. The number of nitrogens with zero attached hydrogens (tertiary/aromatic N) is 3. The van der Waals surface area contributed by atoms with Crippen LogP contribution in [0.4, 0.5) is 18.9 Å². The van der Waals surface area contributed by atoms with Crippen molar-refractivity contribution in [2.45, 2.75) is 19.4 Å². The highest BCUT2D eigenvalue weighted by Crippen LogP contribution is 2.20. The molecule has 1 aromatic heterocycles. The molecule has 5 nitrogen and oxygen atoms in total. The van der Waals surface area contributed by atoms with Crippen LogP contribution in [0.25, 0.3) is 11.0 Å². The number of rotatable bonds is 7. The van der Waals surface area contributed by atoms with Gasteiger partial charge in [-0.3, -0.25) is 4.79 Å². The van der Waals surface area contributed by atoms with Crippen LogP contribution in [0.5, 0.6) is 0 Å². The number of hydrogen-bond donors (Lipinski definition) is 1. The summed E-state index contributed by atoms with van der Waals surface area (Å²) in [4.78, 5) is 18.6. The Hall–Kier alpha value is -2.87. The predicted octanol–water partition coefficient (Wildman–Crippen LogP) is 3.59. The Morgan fingerprint density at radius 3 is 2.61 bits per heavy atom. The highest BCUT2D eigenvalue weighted by molar-refractivity contribution is 5.94. The van der Waals surface area contributed by atoms with Crippen LogP contribution in [-0.2, 0) is 17.8 Å². The first kappa shape index (κ1) is 19.9. The van der Waals surface area contributed by atoms with Gasteiger partial charge in [0.1, 0.15) is 5.82 Å². The summed E-state index contributed by atoms with van der Waals surface area (Å²) in [6.07, 6.45) is 2.33. The molecule has 0 unspecified atom stereocenters. The van der Waals surface area contributed by atoms with Crippen molar-refractivity contribution in [2.24, 2.45) is 0 Å². The Morgan fingerprint density at radius 2 is 1.86 bits per heavy atom. The second-order valence-corrected chi connectivity index (χ2v) is 6.88. The number of benzene rings is 2. The van der Waals surface area contributed by atoms with Crippen LogP contribution < -0.4 is 5.32 Å². The Balaban J connectivity index is 1.67. The summed E-state index contributed by atoms with van der Waals surface area (Å²) in [5.41, 5.74) is 1.96. The van der Waals surface area contributed by atoms with Crippen LogP contribution >= 0.6 is 0 Å². The fourth-order valence-corrected chi connectivity index (χ4v) is 2.95. The normalized spacial score (nSPS) is 11.4. The molecule has 0 bridgehead atoms. The zero-order valence-corrected chi connectivity index (χ0v) is 15.7. The predicted molar refractivity (Wildman–Crippen MR) is 102 cm³/mol. The summed E-state index contributed by atoms with van der Waals surface area (Å²) in [5, 5.41) is 2.63. The van der Waals surface area contributed by atoms with Crippen molar-refractivity contribution in [1.29, 1.82) is 0 Å². The number of carbonyl (C=O) groups is 1. The molecule has 0 atom stereocenters. The van der Waals surface area contributed by atoms with Gasteiger partial charge < -0.3 is 14.8 Å². The van der Waals surface area contributed by atoms with Crippen LogP contribution in [-0.4, -0.2) is 41.0 Å². The molecule has 0 aliphatic carbocycles. The number of carbonyl (C=O) groups excluding carboxylic acids is 1. The van der Waals surface area contributed by atoms with Crippen molar-refractivity contribution in [3.8, 4) is 0 Å². The van der Waals surface area contributed by atoms with Crippen molar-refractivity contribution in [3.63, 3.8) is 0 Å². The lowest BCUT2D eigenvalue weighted by molar-refractivity contribution is -0.115. The monoisotopic (exact) mass is 390 g/mol. The quantitative estimate of drug-likeness (QED) is 0.628. The minimum Gasteiger partial charge on any atom is -0.331 e. The molecule has 1 N–H and O–H groups in total. The molecule has 0 saturated carbocycles. The number of aryl methyl sites for hydroxylation is 1. The van der Waals surface area contributed by atoms with Crippen molar-refractivity contribution < 1.29 is 18.0 Å². The van der Waals surface area contributed by atoms with Crippen LogP contribution in [0.2, 0.25) is 0 Å². The summed E-state index contributed by atoms with van der Waals surface area (Å²) >= 11 is 0. The molecular formula is C20H21F3N4O. The van der Waals surface area contributed by atoms with Gasteiger partial charge in [0.05, 0.1) is 23.8 Å². The standard InChI is InChI=1S/C20H21F3N4O/c1-26(2)6-3-7-27-12-24-18-10-14(4-5-19(18)27)25-20(28)9-13-8-16(22)17(23)11-15(13)21/h4-5,8,10-12H,3,6-7,9H2,1-2H3,(H,25,28). The zero-order chi connectivity index (χ0) is 20.3. The van der Waals surface area contributed by atoms with Crippen LogP contribution in [0.3, 0.4) is 0 Å². The first-order valence-corrected chi connectivity index (χ1v) is 8.86. The van der Waals surface area contributed by atoms with Crippen molar-refractivity contribution in [2.75, 3.05) is 26.0 Å². The van der Waals surface area contributed by atoms with E-state index < -0.39 is 29.8 Å². The Kier molecular flexibility index (Phi) is 5.99. The number of imidazole rings is 1. The highest BCUT2D eigenvalue weighted by atomic mass is 19.2. The van der Waals surface area contributed by atoms with Crippen molar-refractivity contribution >= 4 is 22.6 Å². The number of amides is 1. The molecule has 0 aliphatic heterocycles. The molecule has 3 rings (SSSR count). The second kappa shape index (κ2) is 8.43. The summed E-state index contributed by atoms with van der Waals surface area (Å²) in [5.74, 6) is -3.96. The summed E-state index contributed by atoms with van der Waals surface area (Å²) in [6, 6.07) is 6.44. The van der Waals surface area contributed by atoms with Crippen molar-refractivity contribution in [1.82, 2.24) is 14.5 Å². The lowest BCUT2D eigenvalue weighted by Gasteiger charge is -2.10. The molecule has 28 heavy (non-hydrogen) atoms. The Labute approximate surface area is 160 Å². The number of anilines is 1. The largest absolute Gasteiger partial charge is 0.331 e. The molecule has 3 aromatic rings. The summed E-state index contributed by atoms with van der Waals surface area (Å²) < 4.78 is 42.0. The van der Waals surface area contributed by atoms with Crippen molar-refractivity contribution in [3.05, 3.63) is 59.7 Å². The van der Waals surface area contributed by atoms with E-state index in [0.29, 0.717) is 17.8 Å². The molecule has 0 saturated heterocycles. The maximum Gasteiger partial charge on any atom is 0.228 e. The third kappa shape index (κ3) is 4.69. The average molecular weight is 390 g/mol. The van der Waals surface area contributed by atoms with E-state index in [1.165, 1.54) is 0 Å². The van der Waals surface area contributed by atoms with E-state index in [9.17, 15) is 18.0 Å². The minimum absolute atomic E-state index is 0.206. The van der Waals surface area contributed by atoms with Gasteiger partial charge in [0, 0.05) is 23.9 Å². The third-order valence-corrected chi connectivity index (χ3v) is 4.35. The second-order valence-electron chi connectivity index (χ2n) is 6.88. The first-order chi connectivity index (χ1) is 13.3. The molecule has 0 spiro atoms. The minimum atomic E-state index is -1.28. The third-order valence-electron chi connectivity index (χ3n) is 4.35. The molecule has 2 aromatic carbocycles. The van der Waals surface area contributed by atoms with Crippen LogP contribution in [0, 0.1) is 17.5 Å². The Morgan fingerprint density at radius 1 is 1.11 bits per heavy atom. The van der Waals surface area contributed by atoms with Gasteiger partial charge in [-0.1, -0.05) is 0 Å². The maximum absolute atomic E-state index is 13.7. The van der Waals surface area contributed by atoms with E-state index in [-0.39, 0.29) is 5.56 Å². The van der Waals surface area contributed by atoms with Gasteiger partial charge >= 0.3 is 0 Å². The van der Waals surface area contributed by atoms with Gasteiger partial charge in [-0.15, -0.1) is 0 Å². The molecule has 8 heteroatoms. The fraction of sp³-hybridized carbons (Fsp3) is 0.300. The summed E-state index contributed by atoms with van der Waals surface area (Å²) in [6.45, 7) is 1.80. The van der Waals surface area contributed by atoms with E-state index in [0.717, 1.165) is 30.5 Å². The molecule has 0 radical (unpaired) electrons. The van der Waals surface area contributed by atoms with Gasteiger partial charge in [-0.2, -0.15) is 0 Å². The first-order valence-electron chi connectivity index (χ1n) is 8.86. The fourth-order valence-electron chi connectivity index (χ4n) is 2.95. The number of fused-ring (bicyclic) bond motifs is 1. The average Bonchev–Trinajstić information content (AvgIpc) is 3.01. The molecule has 0 aliphatic rings. The maximum atomic E-state index is 13.7. The van der Waals surface area contributed by atoms with Gasteiger partial charge in [-0.05, 0) is 51.3 Å². The van der Waals surface area contributed by atoms with Gasteiger partial charge in [0.15, 0.2) is 11.6 Å². The lowest BCUT2D eigenvalue weighted by atomic mass is 10.1. The SMILES string of the molecule is CN(C)CCCn1cnc2cc(NC(=O)Cc3cc(F)c(F)cc3F)ccc21. The molecule has 1 heterocycles. The number of halogens is 3. The van der Waals surface area contributed by atoms with Gasteiger partial charge in [-0.25, -0.2) is 18.2 Å². The highest BCUT2D eigenvalue weighted by Gasteiger charge is 2.14. The lowest BCUT2D eigenvalue weighted by Crippen LogP contribution is -2.15. The van der Waals surface area contributed by atoms with Crippen LogP contribution in [0.1, 0.15) is 12.0 Å².